The molecule has 0 radical (unpaired) electrons. The van der Waals surface area contributed by atoms with Crippen LogP contribution >= 0.6 is 15.9 Å². The van der Waals surface area contributed by atoms with Crippen LogP contribution < -0.4 is 5.32 Å². The lowest BCUT2D eigenvalue weighted by atomic mass is 10.2. The van der Waals surface area contributed by atoms with Gasteiger partial charge in [0.1, 0.15) is 0 Å². The number of carbonyl (C=O) groups excluding carboxylic acids is 1. The van der Waals surface area contributed by atoms with E-state index in [2.05, 4.69) is 21.2 Å². The predicted octanol–water partition coefficient (Wildman–Crippen LogP) is 0.268. The Hall–Kier alpha value is -0.0900. The maximum Gasteiger partial charge on any atom is 0.230 e. The second-order valence-corrected chi connectivity index (χ2v) is 2.55. The zero-order chi connectivity index (χ0) is 7.98. The van der Waals surface area contributed by atoms with Gasteiger partial charge < -0.3 is 10.4 Å². The molecule has 0 rings (SSSR count). The first-order chi connectivity index (χ1) is 4.74. The highest BCUT2D eigenvalue weighted by Crippen LogP contribution is 1.89. The molecule has 1 amide bonds. The number of hydrogen-bond donors (Lipinski definition) is 2. The molecule has 0 spiro atoms. The van der Waals surface area contributed by atoms with E-state index in [9.17, 15) is 4.79 Å². The molecule has 10 heavy (non-hydrogen) atoms. The average molecular weight is 210 g/mol. The van der Waals surface area contributed by atoms with Crippen molar-refractivity contribution in [2.24, 2.45) is 0 Å². The standard InChI is InChI=1S/C6H12BrNO2/c1-2-5(4-9)8-6(10)3-7/h5,9H,2-4H2,1H3,(H,8,10)/t5-/m1/s1. The highest BCUT2D eigenvalue weighted by molar-refractivity contribution is 9.09. The summed E-state index contributed by atoms with van der Waals surface area (Å²) in [7, 11) is 0. The third-order valence-corrected chi connectivity index (χ3v) is 1.71. The minimum atomic E-state index is -0.0925. The van der Waals surface area contributed by atoms with Gasteiger partial charge in [-0.15, -0.1) is 0 Å². The van der Waals surface area contributed by atoms with Crippen molar-refractivity contribution < 1.29 is 9.90 Å². The molecule has 0 fully saturated rings. The minimum Gasteiger partial charge on any atom is -0.394 e. The molecule has 2 N–H and O–H groups in total. The summed E-state index contributed by atoms with van der Waals surface area (Å²) in [6.45, 7) is 1.92. The summed E-state index contributed by atoms with van der Waals surface area (Å²) >= 11 is 3.01. The van der Waals surface area contributed by atoms with Gasteiger partial charge in [0.2, 0.25) is 5.91 Å². The van der Waals surface area contributed by atoms with Crippen LogP contribution in [0.3, 0.4) is 0 Å². The highest BCUT2D eigenvalue weighted by atomic mass is 79.9. The Morgan fingerprint density at radius 3 is 2.70 bits per heavy atom. The van der Waals surface area contributed by atoms with Crippen molar-refractivity contribution in [3.63, 3.8) is 0 Å². The summed E-state index contributed by atoms with van der Waals surface area (Å²) in [4.78, 5) is 10.7. The van der Waals surface area contributed by atoms with Gasteiger partial charge in [-0.3, -0.25) is 4.79 Å². The molecule has 0 aromatic carbocycles. The molecular weight excluding hydrogens is 198 g/mol. The molecule has 0 heterocycles. The Bertz CT molecular complexity index is 104. The van der Waals surface area contributed by atoms with E-state index in [1.54, 1.807) is 0 Å². The molecule has 0 aromatic rings. The van der Waals surface area contributed by atoms with Crippen molar-refractivity contribution in [2.75, 3.05) is 11.9 Å². The molecule has 0 saturated carbocycles. The van der Waals surface area contributed by atoms with E-state index in [0.29, 0.717) is 5.33 Å². The van der Waals surface area contributed by atoms with E-state index in [0.717, 1.165) is 6.42 Å². The fourth-order valence-corrected chi connectivity index (χ4v) is 0.705. The van der Waals surface area contributed by atoms with Gasteiger partial charge in [0.05, 0.1) is 18.0 Å². The van der Waals surface area contributed by atoms with Crippen molar-refractivity contribution in [1.82, 2.24) is 5.32 Å². The second-order valence-electron chi connectivity index (χ2n) is 1.99. The van der Waals surface area contributed by atoms with E-state index in [-0.39, 0.29) is 18.6 Å². The number of aliphatic hydroxyl groups is 1. The van der Waals surface area contributed by atoms with Gasteiger partial charge in [-0.25, -0.2) is 0 Å². The van der Waals surface area contributed by atoms with Crippen molar-refractivity contribution in [3.8, 4) is 0 Å². The van der Waals surface area contributed by atoms with E-state index in [1.807, 2.05) is 6.92 Å². The van der Waals surface area contributed by atoms with Crippen LogP contribution in [-0.2, 0) is 4.79 Å². The van der Waals surface area contributed by atoms with Gasteiger partial charge in [0.25, 0.3) is 0 Å². The summed E-state index contributed by atoms with van der Waals surface area (Å²) in [5.74, 6) is -0.0825. The summed E-state index contributed by atoms with van der Waals surface area (Å²) < 4.78 is 0. The fourth-order valence-electron chi connectivity index (χ4n) is 0.543. The van der Waals surface area contributed by atoms with Crippen LogP contribution in [-0.4, -0.2) is 29.0 Å². The smallest absolute Gasteiger partial charge is 0.230 e. The van der Waals surface area contributed by atoms with Crippen molar-refractivity contribution >= 4 is 21.8 Å². The normalized spacial score (nSPS) is 12.7. The molecule has 0 bridgehead atoms. The van der Waals surface area contributed by atoms with Gasteiger partial charge in [-0.05, 0) is 6.42 Å². The maximum atomic E-state index is 10.7. The van der Waals surface area contributed by atoms with E-state index in [1.165, 1.54) is 0 Å². The molecular formula is C6H12BrNO2. The number of alkyl halides is 1. The third-order valence-electron chi connectivity index (χ3n) is 1.20. The van der Waals surface area contributed by atoms with Crippen LogP contribution in [0.1, 0.15) is 13.3 Å². The first-order valence-corrected chi connectivity index (χ1v) is 4.32. The molecule has 0 saturated heterocycles. The quantitative estimate of drug-likeness (QED) is 0.654. The van der Waals surface area contributed by atoms with Crippen molar-refractivity contribution in [3.05, 3.63) is 0 Å². The first-order valence-electron chi connectivity index (χ1n) is 3.20. The van der Waals surface area contributed by atoms with Gasteiger partial charge in [-0.1, -0.05) is 22.9 Å². The third kappa shape index (κ3) is 3.85. The lowest BCUT2D eigenvalue weighted by Crippen LogP contribution is -2.37. The Morgan fingerprint density at radius 1 is 1.80 bits per heavy atom. The molecule has 4 heteroatoms. The zero-order valence-corrected chi connectivity index (χ0v) is 7.52. The number of amides is 1. The van der Waals surface area contributed by atoms with Crippen LogP contribution in [0.2, 0.25) is 0 Å². The Balaban J connectivity index is 3.52. The number of nitrogens with one attached hydrogen (secondary N) is 1. The second kappa shape index (κ2) is 5.68. The largest absolute Gasteiger partial charge is 0.394 e. The summed E-state index contributed by atoms with van der Waals surface area (Å²) in [6, 6.07) is -0.0925. The number of carbonyl (C=O) groups is 1. The van der Waals surface area contributed by atoms with Gasteiger partial charge in [0, 0.05) is 0 Å². The van der Waals surface area contributed by atoms with Gasteiger partial charge >= 0.3 is 0 Å². The summed E-state index contributed by atoms with van der Waals surface area (Å²) in [6.07, 6.45) is 0.759. The van der Waals surface area contributed by atoms with E-state index < -0.39 is 0 Å². The molecule has 0 aliphatic carbocycles. The molecule has 3 nitrogen and oxygen atoms in total. The van der Waals surface area contributed by atoms with Crippen LogP contribution in [0.5, 0.6) is 0 Å². The number of rotatable bonds is 4. The van der Waals surface area contributed by atoms with Crippen LogP contribution in [0, 0.1) is 0 Å². The predicted molar refractivity (Wildman–Crippen MR) is 43.1 cm³/mol. The van der Waals surface area contributed by atoms with E-state index in [4.69, 9.17) is 5.11 Å². The van der Waals surface area contributed by atoms with Gasteiger partial charge in [-0.2, -0.15) is 0 Å². The SMILES string of the molecule is CC[C@H](CO)NC(=O)CBr. The topological polar surface area (TPSA) is 49.3 Å². The summed E-state index contributed by atoms with van der Waals surface area (Å²) in [5, 5.41) is 11.6. The molecule has 0 aromatic heterocycles. The fraction of sp³-hybridized carbons (Fsp3) is 0.833. The lowest BCUT2D eigenvalue weighted by Gasteiger charge is -2.11. The average Bonchev–Trinajstić information content (AvgIpc) is 1.99. The monoisotopic (exact) mass is 209 g/mol. The molecule has 0 aliphatic rings. The Labute approximate surface area is 68.9 Å². The number of halogens is 1. The van der Waals surface area contributed by atoms with Crippen LogP contribution in [0.4, 0.5) is 0 Å². The van der Waals surface area contributed by atoms with Crippen LogP contribution in [0.25, 0.3) is 0 Å². The van der Waals surface area contributed by atoms with Gasteiger partial charge in [0.15, 0.2) is 0 Å². The molecule has 0 unspecified atom stereocenters. The molecule has 1 atom stereocenters. The number of hydrogen-bond acceptors (Lipinski definition) is 2. The minimum absolute atomic E-state index is 0.00917. The summed E-state index contributed by atoms with van der Waals surface area (Å²) in [5.41, 5.74) is 0. The molecule has 60 valence electrons. The Morgan fingerprint density at radius 2 is 2.40 bits per heavy atom. The number of aliphatic hydroxyl groups excluding tert-OH is 1. The molecule has 0 aliphatic heterocycles. The lowest BCUT2D eigenvalue weighted by molar-refractivity contribution is -0.119. The first kappa shape index (κ1) is 9.91. The zero-order valence-electron chi connectivity index (χ0n) is 5.93. The van der Waals surface area contributed by atoms with Crippen molar-refractivity contribution in [1.29, 1.82) is 0 Å². The van der Waals surface area contributed by atoms with Crippen LogP contribution in [0.15, 0.2) is 0 Å². The highest BCUT2D eigenvalue weighted by Gasteiger charge is 2.06. The maximum absolute atomic E-state index is 10.7. The van der Waals surface area contributed by atoms with E-state index >= 15 is 0 Å². The Kier molecular flexibility index (Phi) is 5.63. The van der Waals surface area contributed by atoms with Crippen molar-refractivity contribution in [2.45, 2.75) is 19.4 Å².